The summed E-state index contributed by atoms with van der Waals surface area (Å²) < 4.78 is 25.1. The second kappa shape index (κ2) is 5.34. The summed E-state index contributed by atoms with van der Waals surface area (Å²) in [5.74, 6) is -1.63. The molecule has 122 valence electrons. The van der Waals surface area contributed by atoms with Crippen LogP contribution in [0.15, 0.2) is 29.6 Å². The van der Waals surface area contributed by atoms with Crippen LogP contribution in [-0.4, -0.2) is 58.5 Å². The molecule has 3 rings (SSSR count). The molecule has 1 unspecified atom stereocenters. The second-order valence-corrected chi connectivity index (χ2v) is 7.38. The van der Waals surface area contributed by atoms with E-state index in [1.165, 1.54) is 15.5 Å². The van der Waals surface area contributed by atoms with Crippen molar-refractivity contribution in [2.45, 2.75) is 24.0 Å². The topological polar surface area (TPSA) is 109 Å². The minimum Gasteiger partial charge on any atom is -0.480 e. The molecule has 9 heteroatoms. The molecule has 1 aliphatic heterocycles. The number of sulfone groups is 1. The normalized spacial score (nSPS) is 18.5. The quantitative estimate of drug-likeness (QED) is 0.870. The van der Waals surface area contributed by atoms with E-state index >= 15 is 0 Å². The van der Waals surface area contributed by atoms with E-state index in [4.69, 9.17) is 0 Å². The van der Waals surface area contributed by atoms with Crippen LogP contribution in [0, 0.1) is 0 Å². The molecule has 0 spiro atoms. The molecule has 2 aromatic rings. The number of amides is 1. The van der Waals surface area contributed by atoms with Crippen LogP contribution in [0.25, 0.3) is 5.52 Å². The first kappa shape index (κ1) is 15.5. The molecule has 8 nitrogen and oxygen atoms in total. The minimum absolute atomic E-state index is 0.0424. The summed E-state index contributed by atoms with van der Waals surface area (Å²) >= 11 is 0. The van der Waals surface area contributed by atoms with Gasteiger partial charge >= 0.3 is 5.97 Å². The smallest absolute Gasteiger partial charge is 0.326 e. The van der Waals surface area contributed by atoms with Gasteiger partial charge in [-0.2, -0.15) is 0 Å². The zero-order valence-electron chi connectivity index (χ0n) is 12.3. The Hall–Kier alpha value is -2.42. The lowest BCUT2D eigenvalue weighted by molar-refractivity contribution is -0.141. The predicted octanol–water partition coefficient (Wildman–Crippen LogP) is 0.427. The average molecular weight is 337 g/mol. The number of fused-ring (bicyclic) bond motifs is 1. The number of carbonyl (C=O) groups is 2. The molecule has 3 heterocycles. The van der Waals surface area contributed by atoms with Crippen LogP contribution in [0.2, 0.25) is 0 Å². The number of rotatable bonds is 3. The number of aromatic nitrogens is 2. The van der Waals surface area contributed by atoms with E-state index in [1.54, 1.807) is 18.2 Å². The van der Waals surface area contributed by atoms with Gasteiger partial charge in [0.2, 0.25) is 15.0 Å². The number of pyridine rings is 1. The van der Waals surface area contributed by atoms with Crippen LogP contribution >= 0.6 is 0 Å². The van der Waals surface area contributed by atoms with E-state index in [-0.39, 0.29) is 10.9 Å². The Morgan fingerprint density at radius 2 is 2.09 bits per heavy atom. The van der Waals surface area contributed by atoms with Crippen molar-refractivity contribution >= 4 is 27.2 Å². The molecular formula is C14H15N3O5S. The van der Waals surface area contributed by atoms with Crippen molar-refractivity contribution in [2.75, 3.05) is 12.8 Å². The lowest BCUT2D eigenvalue weighted by atomic mass is 10.2. The van der Waals surface area contributed by atoms with Gasteiger partial charge in [-0.1, -0.05) is 6.07 Å². The molecular weight excluding hydrogens is 322 g/mol. The summed E-state index contributed by atoms with van der Waals surface area (Å²) in [6.45, 7) is 0.315. The van der Waals surface area contributed by atoms with Crippen LogP contribution in [-0.2, 0) is 14.6 Å². The molecule has 0 aromatic carbocycles. The van der Waals surface area contributed by atoms with Crippen LogP contribution in [0.5, 0.6) is 0 Å². The molecule has 1 fully saturated rings. The van der Waals surface area contributed by atoms with Crippen molar-refractivity contribution < 1.29 is 23.1 Å². The third kappa shape index (κ3) is 2.56. The molecule has 2 aromatic heterocycles. The fourth-order valence-electron chi connectivity index (χ4n) is 2.83. The van der Waals surface area contributed by atoms with Gasteiger partial charge in [0.1, 0.15) is 6.04 Å². The molecule has 0 radical (unpaired) electrons. The number of aliphatic carboxylic acids is 1. The molecule has 1 saturated heterocycles. The Morgan fingerprint density at radius 1 is 1.35 bits per heavy atom. The minimum atomic E-state index is -3.63. The highest BCUT2D eigenvalue weighted by atomic mass is 32.2. The van der Waals surface area contributed by atoms with E-state index in [1.807, 2.05) is 0 Å². The van der Waals surface area contributed by atoms with Crippen LogP contribution < -0.4 is 0 Å². The summed E-state index contributed by atoms with van der Waals surface area (Å²) in [4.78, 5) is 29.2. The number of carbonyl (C=O) groups excluding carboxylic acids is 1. The summed E-state index contributed by atoms with van der Waals surface area (Å²) in [5, 5.41) is 8.98. The molecule has 1 amide bonds. The third-order valence-corrected chi connectivity index (χ3v) is 4.80. The maximum absolute atomic E-state index is 12.7. The van der Waals surface area contributed by atoms with E-state index in [0.717, 1.165) is 6.26 Å². The van der Waals surface area contributed by atoms with Crippen molar-refractivity contribution in [2.24, 2.45) is 0 Å². The number of hydrogen-bond acceptors (Lipinski definition) is 5. The Bertz CT molecular complexity index is 902. The maximum atomic E-state index is 12.7. The molecule has 0 bridgehead atoms. The molecule has 0 aliphatic carbocycles. The van der Waals surface area contributed by atoms with Gasteiger partial charge in [-0.15, -0.1) is 0 Å². The highest BCUT2D eigenvalue weighted by molar-refractivity contribution is 7.90. The van der Waals surface area contributed by atoms with Crippen molar-refractivity contribution in [3.63, 3.8) is 0 Å². The predicted molar refractivity (Wildman–Crippen MR) is 80.0 cm³/mol. The van der Waals surface area contributed by atoms with Gasteiger partial charge in [0.25, 0.3) is 5.91 Å². The number of likely N-dealkylation sites (tertiary alicyclic amines) is 1. The zero-order chi connectivity index (χ0) is 16.8. The van der Waals surface area contributed by atoms with Gasteiger partial charge < -0.3 is 10.0 Å². The molecule has 1 atom stereocenters. The summed E-state index contributed by atoms with van der Waals surface area (Å²) in [6.07, 6.45) is 3.49. The van der Waals surface area contributed by atoms with Gasteiger partial charge in [-0.25, -0.2) is 18.2 Å². The fourth-order valence-corrected chi connectivity index (χ4v) is 3.60. The molecule has 1 N–H and O–H groups in total. The van der Waals surface area contributed by atoms with E-state index in [9.17, 15) is 23.1 Å². The van der Waals surface area contributed by atoms with Crippen molar-refractivity contribution in [3.05, 3.63) is 30.1 Å². The fraction of sp³-hybridized carbons (Fsp3) is 0.357. The molecule has 1 aliphatic rings. The van der Waals surface area contributed by atoms with Crippen molar-refractivity contribution in [1.29, 1.82) is 0 Å². The number of carboxylic acid groups (broad SMARTS) is 1. The summed E-state index contributed by atoms with van der Waals surface area (Å²) in [6, 6.07) is 3.98. The standard InChI is InChI=1S/C14H15N3O5S/c1-23(21,22)14-15-11(9-5-2-3-7-17(9)14)12(18)16-8-4-6-10(16)13(19)20/h2-3,5,7,10H,4,6,8H2,1H3,(H,19,20). The van der Waals surface area contributed by atoms with Gasteiger partial charge in [-0.05, 0) is 25.0 Å². The number of hydrogen-bond donors (Lipinski definition) is 1. The number of imidazole rings is 1. The van der Waals surface area contributed by atoms with Crippen LogP contribution in [0.4, 0.5) is 0 Å². The van der Waals surface area contributed by atoms with Crippen molar-refractivity contribution in [3.8, 4) is 0 Å². The first-order valence-corrected chi connectivity index (χ1v) is 8.91. The lowest BCUT2D eigenvalue weighted by Gasteiger charge is -2.20. The first-order valence-electron chi connectivity index (χ1n) is 7.01. The van der Waals surface area contributed by atoms with E-state index in [2.05, 4.69) is 4.98 Å². The monoisotopic (exact) mass is 337 g/mol. The number of carboxylic acids is 1. The average Bonchev–Trinajstić information content (AvgIpc) is 3.11. The van der Waals surface area contributed by atoms with Crippen LogP contribution in [0.3, 0.4) is 0 Å². The third-order valence-electron chi connectivity index (χ3n) is 3.85. The Morgan fingerprint density at radius 3 is 2.74 bits per heavy atom. The maximum Gasteiger partial charge on any atom is 0.326 e. The van der Waals surface area contributed by atoms with E-state index < -0.39 is 27.8 Å². The Kier molecular flexibility index (Phi) is 3.59. The van der Waals surface area contributed by atoms with Gasteiger partial charge in [-0.3, -0.25) is 9.20 Å². The molecule has 23 heavy (non-hydrogen) atoms. The van der Waals surface area contributed by atoms with Gasteiger partial charge in [0.05, 0.1) is 5.52 Å². The van der Waals surface area contributed by atoms with Gasteiger partial charge in [0, 0.05) is 19.0 Å². The summed E-state index contributed by atoms with van der Waals surface area (Å²) in [5.41, 5.74) is 0.299. The van der Waals surface area contributed by atoms with Crippen molar-refractivity contribution in [1.82, 2.24) is 14.3 Å². The lowest BCUT2D eigenvalue weighted by Crippen LogP contribution is -2.40. The van der Waals surface area contributed by atoms with Gasteiger partial charge in [0.15, 0.2) is 5.69 Å². The van der Waals surface area contributed by atoms with E-state index in [0.29, 0.717) is 24.9 Å². The van der Waals surface area contributed by atoms with Crippen LogP contribution in [0.1, 0.15) is 23.3 Å². The first-order chi connectivity index (χ1) is 10.8. The highest BCUT2D eigenvalue weighted by Gasteiger charge is 2.36. The number of nitrogens with zero attached hydrogens (tertiary/aromatic N) is 3. The second-order valence-electron chi connectivity index (χ2n) is 5.47. The SMILES string of the molecule is CS(=O)(=O)c1nc(C(=O)N2CCCC2C(=O)O)c2ccccn12. The zero-order valence-corrected chi connectivity index (χ0v) is 13.2. The summed E-state index contributed by atoms with van der Waals surface area (Å²) in [7, 11) is -3.63. The largest absolute Gasteiger partial charge is 0.480 e. The Labute approximate surface area is 132 Å². The Balaban J connectivity index is 2.13. The highest BCUT2D eigenvalue weighted by Crippen LogP contribution is 2.23. The molecule has 0 saturated carbocycles.